The van der Waals surface area contributed by atoms with Gasteiger partial charge in [-0.3, -0.25) is 19.7 Å². The molecule has 0 spiro atoms. The summed E-state index contributed by atoms with van der Waals surface area (Å²) < 4.78 is 5.22. The molecule has 2 aromatic rings. The van der Waals surface area contributed by atoms with Crippen LogP contribution < -0.4 is 5.32 Å². The summed E-state index contributed by atoms with van der Waals surface area (Å²) in [6.07, 6.45) is 1.12. The molecule has 8 heteroatoms. The normalized spacial score (nSPS) is 19.4. The SMILES string of the molecule is CCOC(=O)C(CCc1ccccc1)NC1CSC(c2ccccc2)N(CC(=O)O)C1=O. The van der Waals surface area contributed by atoms with Crippen molar-refractivity contribution < 1.29 is 24.2 Å². The highest BCUT2D eigenvalue weighted by atomic mass is 32.2. The third-order valence-electron chi connectivity index (χ3n) is 5.21. The number of hydrogen-bond acceptors (Lipinski definition) is 6. The number of aliphatic carboxylic acids is 1. The van der Waals surface area contributed by atoms with Crippen molar-refractivity contribution in [3.05, 3.63) is 71.8 Å². The quantitative estimate of drug-likeness (QED) is 0.531. The van der Waals surface area contributed by atoms with Crippen molar-refractivity contribution in [2.75, 3.05) is 18.9 Å². The Hall–Kier alpha value is -2.84. The van der Waals surface area contributed by atoms with Crippen molar-refractivity contribution in [2.24, 2.45) is 0 Å². The Morgan fingerprint density at radius 2 is 1.81 bits per heavy atom. The van der Waals surface area contributed by atoms with Crippen molar-refractivity contribution in [2.45, 2.75) is 37.2 Å². The topological polar surface area (TPSA) is 95.9 Å². The van der Waals surface area contributed by atoms with E-state index in [9.17, 15) is 19.5 Å². The maximum absolute atomic E-state index is 13.3. The predicted octanol–water partition coefficient (Wildman–Crippen LogP) is 2.87. The van der Waals surface area contributed by atoms with E-state index in [4.69, 9.17) is 4.74 Å². The fraction of sp³-hybridized carbons (Fsp3) is 0.375. The number of carboxylic acid groups (broad SMARTS) is 1. The molecule has 1 saturated heterocycles. The highest BCUT2D eigenvalue weighted by Crippen LogP contribution is 2.37. The summed E-state index contributed by atoms with van der Waals surface area (Å²) in [5.41, 5.74) is 1.96. The number of ether oxygens (including phenoxy) is 1. The number of hydrogen-bond donors (Lipinski definition) is 2. The third kappa shape index (κ3) is 6.34. The van der Waals surface area contributed by atoms with E-state index >= 15 is 0 Å². The van der Waals surface area contributed by atoms with Gasteiger partial charge >= 0.3 is 11.9 Å². The largest absolute Gasteiger partial charge is 0.480 e. The number of amides is 1. The second-order valence-corrected chi connectivity index (χ2v) is 8.62. The number of aryl methyl sites for hydroxylation is 1. The molecule has 0 radical (unpaired) electrons. The van der Waals surface area contributed by atoms with E-state index in [0.717, 1.165) is 11.1 Å². The van der Waals surface area contributed by atoms with Gasteiger partial charge < -0.3 is 14.7 Å². The van der Waals surface area contributed by atoms with Gasteiger partial charge in [0.2, 0.25) is 5.91 Å². The second-order valence-electron chi connectivity index (χ2n) is 7.50. The van der Waals surface area contributed by atoms with Crippen LogP contribution in [0.1, 0.15) is 29.8 Å². The van der Waals surface area contributed by atoms with E-state index < -0.39 is 30.6 Å². The van der Waals surface area contributed by atoms with Crippen LogP contribution in [-0.4, -0.2) is 58.8 Å². The van der Waals surface area contributed by atoms with E-state index in [1.54, 1.807) is 6.92 Å². The molecule has 0 aromatic heterocycles. The lowest BCUT2D eigenvalue weighted by Gasteiger charge is -2.39. The summed E-state index contributed by atoms with van der Waals surface area (Å²) in [6, 6.07) is 17.8. The van der Waals surface area contributed by atoms with Gasteiger partial charge in [0, 0.05) is 5.75 Å². The Bertz CT molecular complexity index is 909. The van der Waals surface area contributed by atoms with Gasteiger partial charge in [-0.25, -0.2) is 0 Å². The Labute approximate surface area is 192 Å². The molecule has 0 aliphatic carbocycles. The first-order valence-electron chi connectivity index (χ1n) is 10.6. The molecule has 1 amide bonds. The third-order valence-corrected chi connectivity index (χ3v) is 6.58. The minimum absolute atomic E-state index is 0.247. The highest BCUT2D eigenvalue weighted by Gasteiger charge is 2.39. The molecule has 0 bridgehead atoms. The van der Waals surface area contributed by atoms with Crippen molar-refractivity contribution in [1.29, 1.82) is 0 Å². The first-order valence-corrected chi connectivity index (χ1v) is 11.7. The molecule has 170 valence electrons. The number of benzene rings is 2. The average molecular weight is 457 g/mol. The predicted molar refractivity (Wildman–Crippen MR) is 123 cm³/mol. The van der Waals surface area contributed by atoms with E-state index in [2.05, 4.69) is 5.32 Å². The first kappa shape index (κ1) is 23.8. The number of carbonyl (C=O) groups excluding carboxylic acids is 2. The molecule has 32 heavy (non-hydrogen) atoms. The summed E-state index contributed by atoms with van der Waals surface area (Å²) in [4.78, 5) is 38.7. The summed E-state index contributed by atoms with van der Waals surface area (Å²) in [7, 11) is 0. The standard InChI is InChI=1S/C24H28N2O5S/c1-2-31-24(30)19(14-13-17-9-5-3-6-10-17)25-20-16-32-23(18-11-7-4-8-12-18)26(22(20)29)15-21(27)28/h3-12,19-20,23,25H,2,13-16H2,1H3,(H,27,28). The first-order chi connectivity index (χ1) is 15.5. The van der Waals surface area contributed by atoms with Crippen LogP contribution >= 0.6 is 11.8 Å². The van der Waals surface area contributed by atoms with Gasteiger partial charge in [-0.05, 0) is 30.9 Å². The molecule has 1 fully saturated rings. The molecule has 1 aliphatic heterocycles. The molecule has 2 aromatic carbocycles. The van der Waals surface area contributed by atoms with Crippen LogP contribution in [0.25, 0.3) is 0 Å². The van der Waals surface area contributed by atoms with Gasteiger partial charge in [0.15, 0.2) is 0 Å². The van der Waals surface area contributed by atoms with Gasteiger partial charge in [-0.1, -0.05) is 60.7 Å². The zero-order chi connectivity index (χ0) is 22.9. The van der Waals surface area contributed by atoms with Crippen LogP contribution in [0.2, 0.25) is 0 Å². The minimum Gasteiger partial charge on any atom is -0.480 e. The zero-order valence-electron chi connectivity index (χ0n) is 18.0. The van der Waals surface area contributed by atoms with Crippen molar-refractivity contribution in [3.63, 3.8) is 0 Å². The van der Waals surface area contributed by atoms with Crippen molar-refractivity contribution in [1.82, 2.24) is 10.2 Å². The monoisotopic (exact) mass is 456 g/mol. The smallest absolute Gasteiger partial charge is 0.323 e. The molecule has 2 N–H and O–H groups in total. The number of carbonyl (C=O) groups is 3. The molecule has 3 unspecified atom stereocenters. The molecule has 1 aliphatic rings. The molecule has 1 heterocycles. The fourth-order valence-electron chi connectivity index (χ4n) is 3.69. The summed E-state index contributed by atoms with van der Waals surface area (Å²) in [5, 5.41) is 12.2. The Morgan fingerprint density at radius 3 is 2.44 bits per heavy atom. The lowest BCUT2D eigenvalue weighted by Crippen LogP contribution is -2.57. The van der Waals surface area contributed by atoms with E-state index in [1.807, 2.05) is 60.7 Å². The number of carboxylic acids is 1. The van der Waals surface area contributed by atoms with Crippen LogP contribution in [0.5, 0.6) is 0 Å². The van der Waals surface area contributed by atoms with E-state index in [0.29, 0.717) is 18.6 Å². The molecular formula is C24H28N2O5S. The van der Waals surface area contributed by atoms with Crippen molar-refractivity contribution in [3.8, 4) is 0 Å². The molecule has 7 nitrogen and oxygen atoms in total. The summed E-state index contributed by atoms with van der Waals surface area (Å²) in [6.45, 7) is 1.58. The Balaban J connectivity index is 1.74. The highest BCUT2D eigenvalue weighted by molar-refractivity contribution is 7.99. The number of rotatable bonds is 10. The van der Waals surface area contributed by atoms with E-state index in [1.165, 1.54) is 16.7 Å². The Morgan fingerprint density at radius 1 is 1.16 bits per heavy atom. The summed E-state index contributed by atoms with van der Waals surface area (Å²) >= 11 is 1.49. The lowest BCUT2D eigenvalue weighted by molar-refractivity contribution is -0.148. The van der Waals surface area contributed by atoms with Gasteiger partial charge in [-0.15, -0.1) is 11.8 Å². The number of nitrogens with one attached hydrogen (secondary N) is 1. The average Bonchev–Trinajstić information content (AvgIpc) is 2.80. The molecule has 3 atom stereocenters. The second kappa shape index (κ2) is 11.7. The number of thioether (sulfide) groups is 1. The van der Waals surface area contributed by atoms with Crippen LogP contribution in [0.4, 0.5) is 0 Å². The van der Waals surface area contributed by atoms with Crippen LogP contribution in [0.15, 0.2) is 60.7 Å². The van der Waals surface area contributed by atoms with Crippen LogP contribution in [0, 0.1) is 0 Å². The maximum Gasteiger partial charge on any atom is 0.323 e. The summed E-state index contributed by atoms with van der Waals surface area (Å²) in [5.74, 6) is -1.38. The van der Waals surface area contributed by atoms with Gasteiger partial charge in [0.25, 0.3) is 0 Å². The van der Waals surface area contributed by atoms with Crippen LogP contribution in [-0.2, 0) is 25.5 Å². The van der Waals surface area contributed by atoms with Crippen LogP contribution in [0.3, 0.4) is 0 Å². The van der Waals surface area contributed by atoms with Gasteiger partial charge in [0.05, 0.1) is 12.6 Å². The van der Waals surface area contributed by atoms with Gasteiger partial charge in [-0.2, -0.15) is 0 Å². The van der Waals surface area contributed by atoms with E-state index in [-0.39, 0.29) is 17.9 Å². The number of esters is 1. The fourth-order valence-corrected chi connectivity index (χ4v) is 5.02. The Kier molecular flexibility index (Phi) is 8.70. The molecule has 0 saturated carbocycles. The lowest BCUT2D eigenvalue weighted by atomic mass is 10.0. The van der Waals surface area contributed by atoms with Gasteiger partial charge in [0.1, 0.15) is 18.0 Å². The molecular weight excluding hydrogens is 428 g/mol. The van der Waals surface area contributed by atoms with Crippen molar-refractivity contribution >= 4 is 29.6 Å². The number of nitrogens with zero attached hydrogens (tertiary/aromatic N) is 1. The maximum atomic E-state index is 13.3. The minimum atomic E-state index is -1.08. The molecule has 3 rings (SSSR count). The zero-order valence-corrected chi connectivity index (χ0v) is 18.8.